The lowest BCUT2D eigenvalue weighted by molar-refractivity contribution is -0.162. The SMILES string of the molecule is C[C@@H]1CCC[C@@H](C)N1C(=O)[C@@H](C)OC(=O)CCN=C1NS(=O)(=O)c2ccccc21. The molecule has 1 amide bonds. The van der Waals surface area contributed by atoms with Gasteiger partial charge in [0.25, 0.3) is 15.9 Å². The summed E-state index contributed by atoms with van der Waals surface area (Å²) in [6, 6.07) is 6.79. The Bertz CT molecular complexity index is 918. The van der Waals surface area contributed by atoms with Gasteiger partial charge in [-0.1, -0.05) is 12.1 Å². The molecule has 1 N–H and O–H groups in total. The number of hydrogen-bond donors (Lipinski definition) is 1. The van der Waals surface area contributed by atoms with Gasteiger partial charge in [-0.05, 0) is 52.2 Å². The van der Waals surface area contributed by atoms with E-state index in [0.29, 0.717) is 5.56 Å². The molecular formula is C20H27N3O5S. The van der Waals surface area contributed by atoms with Gasteiger partial charge in [-0.3, -0.25) is 19.3 Å². The molecular weight excluding hydrogens is 394 g/mol. The van der Waals surface area contributed by atoms with Crippen LogP contribution in [0.4, 0.5) is 0 Å². The number of hydrogen-bond acceptors (Lipinski definition) is 6. The molecule has 0 radical (unpaired) electrons. The van der Waals surface area contributed by atoms with Crippen molar-refractivity contribution in [1.29, 1.82) is 0 Å². The largest absolute Gasteiger partial charge is 0.452 e. The normalized spacial score (nSPS) is 25.2. The molecule has 1 saturated heterocycles. The molecule has 0 aliphatic carbocycles. The van der Waals surface area contributed by atoms with Gasteiger partial charge in [-0.25, -0.2) is 8.42 Å². The number of aliphatic imine (C=N–C) groups is 1. The number of nitrogens with one attached hydrogen (secondary N) is 1. The van der Waals surface area contributed by atoms with Crippen LogP contribution < -0.4 is 4.72 Å². The monoisotopic (exact) mass is 421 g/mol. The Morgan fingerprint density at radius 1 is 1.24 bits per heavy atom. The molecule has 0 saturated carbocycles. The van der Waals surface area contributed by atoms with E-state index in [1.165, 1.54) is 6.07 Å². The van der Waals surface area contributed by atoms with Crippen molar-refractivity contribution in [3.05, 3.63) is 29.8 Å². The van der Waals surface area contributed by atoms with E-state index in [1.807, 2.05) is 18.7 Å². The molecule has 29 heavy (non-hydrogen) atoms. The van der Waals surface area contributed by atoms with Crippen LogP contribution in [-0.4, -0.2) is 55.8 Å². The molecule has 3 rings (SSSR count). The van der Waals surface area contributed by atoms with Crippen LogP contribution in [-0.2, 0) is 24.3 Å². The zero-order chi connectivity index (χ0) is 21.2. The Balaban J connectivity index is 1.55. The van der Waals surface area contributed by atoms with E-state index < -0.39 is 22.1 Å². The van der Waals surface area contributed by atoms with E-state index in [-0.39, 0.29) is 41.7 Å². The molecule has 1 fully saturated rings. The summed E-state index contributed by atoms with van der Waals surface area (Å²) in [5.41, 5.74) is 0.484. The molecule has 8 nitrogen and oxygen atoms in total. The molecule has 1 aromatic rings. The third kappa shape index (κ3) is 4.60. The maximum Gasteiger partial charge on any atom is 0.308 e. The number of likely N-dealkylation sites (tertiary alicyclic amines) is 1. The van der Waals surface area contributed by atoms with Crippen molar-refractivity contribution in [3.63, 3.8) is 0 Å². The van der Waals surface area contributed by atoms with Gasteiger partial charge in [0.15, 0.2) is 6.10 Å². The molecule has 0 aromatic heterocycles. The fraction of sp³-hybridized carbons (Fsp3) is 0.550. The van der Waals surface area contributed by atoms with Crippen LogP contribution in [0, 0.1) is 0 Å². The van der Waals surface area contributed by atoms with Crippen molar-refractivity contribution in [2.75, 3.05) is 6.54 Å². The number of ether oxygens (including phenoxy) is 1. The fourth-order valence-electron chi connectivity index (χ4n) is 3.88. The lowest BCUT2D eigenvalue weighted by Gasteiger charge is -2.40. The quantitative estimate of drug-likeness (QED) is 0.731. The second kappa shape index (κ2) is 8.52. The van der Waals surface area contributed by atoms with E-state index in [2.05, 4.69) is 9.71 Å². The van der Waals surface area contributed by atoms with Crippen molar-refractivity contribution in [2.45, 2.75) is 69.5 Å². The summed E-state index contributed by atoms with van der Waals surface area (Å²) in [4.78, 5) is 31.0. The maximum atomic E-state index is 12.7. The summed E-state index contributed by atoms with van der Waals surface area (Å²) in [5, 5.41) is 0. The Hall–Kier alpha value is -2.42. The Labute approximate surface area is 171 Å². The number of amides is 1. The number of carbonyl (C=O) groups excluding carboxylic acids is 2. The number of esters is 1. The zero-order valence-corrected chi connectivity index (χ0v) is 17.7. The highest BCUT2D eigenvalue weighted by Crippen LogP contribution is 2.24. The van der Waals surface area contributed by atoms with Gasteiger partial charge in [-0.2, -0.15) is 0 Å². The second-order valence-corrected chi connectivity index (χ2v) is 9.24. The molecule has 1 aromatic carbocycles. The van der Waals surface area contributed by atoms with Crippen molar-refractivity contribution in [3.8, 4) is 0 Å². The van der Waals surface area contributed by atoms with E-state index in [0.717, 1.165) is 19.3 Å². The Morgan fingerprint density at radius 2 is 1.90 bits per heavy atom. The van der Waals surface area contributed by atoms with Gasteiger partial charge in [0.1, 0.15) is 5.84 Å². The number of nitrogens with zero attached hydrogens (tertiary/aromatic N) is 2. The topological polar surface area (TPSA) is 105 Å². The van der Waals surface area contributed by atoms with Crippen molar-refractivity contribution in [1.82, 2.24) is 9.62 Å². The Morgan fingerprint density at radius 3 is 2.59 bits per heavy atom. The van der Waals surface area contributed by atoms with Crippen molar-refractivity contribution >= 4 is 27.7 Å². The number of benzene rings is 1. The molecule has 9 heteroatoms. The summed E-state index contributed by atoms with van der Waals surface area (Å²) in [5.74, 6) is -0.503. The summed E-state index contributed by atoms with van der Waals surface area (Å²) < 4.78 is 31.8. The van der Waals surface area contributed by atoms with Gasteiger partial charge in [0, 0.05) is 17.6 Å². The van der Waals surface area contributed by atoms with Crippen LogP contribution in [0.2, 0.25) is 0 Å². The smallest absolute Gasteiger partial charge is 0.308 e. The number of piperidine rings is 1. The van der Waals surface area contributed by atoms with Gasteiger partial charge < -0.3 is 9.64 Å². The highest BCUT2D eigenvalue weighted by molar-refractivity contribution is 7.90. The standard InChI is InChI=1S/C20H27N3O5S/c1-13-7-6-8-14(2)23(13)20(25)15(3)28-18(24)11-12-21-19-16-9-4-5-10-17(16)29(26,27)22-19/h4-5,9-10,13-15H,6-8,11-12H2,1-3H3,(H,21,22)/t13-,14-,15-/m1/s1. The maximum absolute atomic E-state index is 12.7. The van der Waals surface area contributed by atoms with E-state index in [4.69, 9.17) is 4.74 Å². The minimum absolute atomic E-state index is 0.0455. The summed E-state index contributed by atoms with van der Waals surface area (Å²) >= 11 is 0. The van der Waals surface area contributed by atoms with Crippen LogP contribution in [0.25, 0.3) is 0 Å². The first-order valence-corrected chi connectivity index (χ1v) is 11.4. The lowest BCUT2D eigenvalue weighted by atomic mass is 9.97. The molecule has 158 valence electrons. The minimum Gasteiger partial charge on any atom is -0.452 e. The zero-order valence-electron chi connectivity index (χ0n) is 16.9. The average Bonchev–Trinajstić information content (AvgIpc) is 2.92. The Kier molecular flexibility index (Phi) is 6.26. The first-order chi connectivity index (χ1) is 13.7. The predicted molar refractivity (Wildman–Crippen MR) is 108 cm³/mol. The van der Waals surface area contributed by atoms with Crippen LogP contribution in [0.15, 0.2) is 34.2 Å². The van der Waals surface area contributed by atoms with Gasteiger partial charge in [-0.15, -0.1) is 0 Å². The first-order valence-electron chi connectivity index (χ1n) is 9.89. The molecule has 3 atom stereocenters. The highest BCUT2D eigenvalue weighted by Gasteiger charge is 2.33. The van der Waals surface area contributed by atoms with Gasteiger partial charge >= 0.3 is 5.97 Å². The van der Waals surface area contributed by atoms with E-state index >= 15 is 0 Å². The highest BCUT2D eigenvalue weighted by atomic mass is 32.2. The molecule has 2 aliphatic rings. The number of fused-ring (bicyclic) bond motifs is 1. The molecule has 2 heterocycles. The summed E-state index contributed by atoms with van der Waals surface area (Å²) in [6.45, 7) is 5.67. The van der Waals surface area contributed by atoms with Crippen molar-refractivity contribution < 1.29 is 22.7 Å². The molecule has 2 aliphatic heterocycles. The average molecular weight is 422 g/mol. The summed E-state index contributed by atoms with van der Waals surface area (Å²) in [6.07, 6.45) is 2.09. The third-order valence-electron chi connectivity index (χ3n) is 5.35. The molecule has 0 bridgehead atoms. The van der Waals surface area contributed by atoms with E-state index in [9.17, 15) is 18.0 Å². The third-order valence-corrected chi connectivity index (χ3v) is 6.75. The van der Waals surface area contributed by atoms with Crippen LogP contribution >= 0.6 is 0 Å². The van der Waals surface area contributed by atoms with Crippen molar-refractivity contribution in [2.24, 2.45) is 4.99 Å². The van der Waals surface area contributed by atoms with Crippen LogP contribution in [0.1, 0.15) is 52.0 Å². The van der Waals surface area contributed by atoms with Gasteiger partial charge in [0.05, 0.1) is 17.9 Å². The van der Waals surface area contributed by atoms with Crippen LogP contribution in [0.5, 0.6) is 0 Å². The number of amidine groups is 1. The molecule has 0 unspecified atom stereocenters. The number of carbonyl (C=O) groups is 2. The predicted octanol–water partition coefficient (Wildman–Crippen LogP) is 1.84. The van der Waals surface area contributed by atoms with Gasteiger partial charge in [0.2, 0.25) is 0 Å². The van der Waals surface area contributed by atoms with E-state index in [1.54, 1.807) is 25.1 Å². The second-order valence-electron chi connectivity index (χ2n) is 7.59. The lowest BCUT2D eigenvalue weighted by Crippen LogP contribution is -2.51. The fourth-order valence-corrected chi connectivity index (χ4v) is 5.13. The molecule has 0 spiro atoms. The number of sulfonamides is 1. The number of rotatable bonds is 5. The minimum atomic E-state index is -3.61. The first kappa shape index (κ1) is 21.3. The van der Waals surface area contributed by atoms with Crippen LogP contribution in [0.3, 0.4) is 0 Å². The summed E-state index contributed by atoms with van der Waals surface area (Å²) in [7, 11) is -3.61.